The third-order valence-corrected chi connectivity index (χ3v) is 6.44. The van der Waals surface area contributed by atoms with Crippen molar-refractivity contribution in [2.45, 2.75) is 57.4 Å². The number of nitrogens with two attached hydrogens (primary N) is 1. The zero-order valence-corrected chi connectivity index (χ0v) is 20.0. The molecule has 6 nitrogen and oxygen atoms in total. The molecule has 0 aliphatic heterocycles. The van der Waals surface area contributed by atoms with Crippen LogP contribution in [0.3, 0.4) is 0 Å². The molecular formula is C24H32N4O2S. The number of hydrogen-bond donors (Lipinski definition) is 1. The Kier molecular flexibility index (Phi) is 8.13. The molecule has 166 valence electrons. The Labute approximate surface area is 186 Å². The Morgan fingerprint density at radius 1 is 1.10 bits per heavy atom. The van der Waals surface area contributed by atoms with Crippen molar-refractivity contribution in [2.24, 2.45) is 9.50 Å². The predicted molar refractivity (Wildman–Crippen MR) is 125 cm³/mol. The van der Waals surface area contributed by atoms with Crippen LogP contribution < -0.4 is 5.14 Å². The van der Waals surface area contributed by atoms with Crippen LogP contribution in [-0.4, -0.2) is 29.1 Å². The molecule has 0 aliphatic rings. The van der Waals surface area contributed by atoms with E-state index in [4.69, 9.17) is 5.14 Å². The first kappa shape index (κ1) is 24.7. The third-order valence-electron chi connectivity index (χ3n) is 5.02. The summed E-state index contributed by atoms with van der Waals surface area (Å²) in [6.07, 6.45) is -0.000359. The van der Waals surface area contributed by atoms with Crippen LogP contribution in [-0.2, 0) is 27.7 Å². The average Bonchev–Trinajstić information content (AvgIpc) is 2.67. The van der Waals surface area contributed by atoms with Crippen LogP contribution in [0, 0.1) is 11.3 Å². The lowest BCUT2D eigenvalue weighted by Crippen LogP contribution is -2.17. The van der Waals surface area contributed by atoms with Gasteiger partial charge in [-0.25, -0.2) is 9.35 Å². The number of rotatable bonds is 7. The molecule has 2 rings (SSSR count). The van der Waals surface area contributed by atoms with E-state index in [9.17, 15) is 14.3 Å². The molecule has 0 heterocycles. The second kappa shape index (κ2) is 10.2. The maximum atomic E-state index is 13.0. The summed E-state index contributed by atoms with van der Waals surface area (Å²) < 4.78 is 16.9. The van der Waals surface area contributed by atoms with Crippen molar-refractivity contribution in [3.05, 3.63) is 64.2 Å². The van der Waals surface area contributed by atoms with Crippen LogP contribution in [0.2, 0.25) is 0 Å². The van der Waals surface area contributed by atoms with Crippen LogP contribution >= 0.6 is 0 Å². The lowest BCUT2D eigenvalue weighted by molar-refractivity contribution is -0.117. The van der Waals surface area contributed by atoms with Gasteiger partial charge in [0.05, 0.1) is 22.9 Å². The molecule has 0 saturated carbocycles. The third kappa shape index (κ3) is 6.47. The molecule has 7 heteroatoms. The van der Waals surface area contributed by atoms with Gasteiger partial charge in [-0.1, -0.05) is 39.8 Å². The van der Waals surface area contributed by atoms with E-state index in [2.05, 4.69) is 10.4 Å². The topological polar surface area (TPSA) is 99.5 Å². The van der Waals surface area contributed by atoms with Crippen molar-refractivity contribution in [1.29, 1.82) is 5.26 Å². The van der Waals surface area contributed by atoms with Crippen LogP contribution in [0.5, 0.6) is 0 Å². The molecule has 0 saturated heterocycles. The number of amides is 1. The van der Waals surface area contributed by atoms with Crippen LogP contribution in [0.25, 0.3) is 0 Å². The molecule has 1 atom stereocenters. The molecule has 1 unspecified atom stereocenters. The molecule has 0 aliphatic carbocycles. The summed E-state index contributed by atoms with van der Waals surface area (Å²) in [4.78, 5) is 15.2. The van der Waals surface area contributed by atoms with E-state index in [0.29, 0.717) is 10.5 Å². The lowest BCUT2D eigenvalue weighted by Gasteiger charge is -2.19. The predicted octanol–water partition coefficient (Wildman–Crippen LogP) is 4.34. The van der Waals surface area contributed by atoms with Gasteiger partial charge in [0.15, 0.2) is 0 Å². The van der Waals surface area contributed by atoms with E-state index in [0.717, 1.165) is 28.8 Å². The molecule has 0 spiro atoms. The number of benzene rings is 2. The van der Waals surface area contributed by atoms with Crippen molar-refractivity contribution in [3.8, 4) is 6.07 Å². The Hall–Kier alpha value is -2.53. The summed E-state index contributed by atoms with van der Waals surface area (Å²) in [7, 11) is 0.588. The van der Waals surface area contributed by atoms with Gasteiger partial charge in [-0.3, -0.25) is 4.79 Å². The number of carbonyl (C=O) groups excluding carboxylic acids is 1. The quantitative estimate of drug-likeness (QED) is 0.692. The summed E-state index contributed by atoms with van der Waals surface area (Å²) in [5, 5.41) is 15.3. The maximum Gasteiger partial charge on any atom is 0.259 e. The monoisotopic (exact) mass is 440 g/mol. The summed E-state index contributed by atoms with van der Waals surface area (Å²) >= 11 is 0. The van der Waals surface area contributed by atoms with Crippen molar-refractivity contribution in [2.75, 3.05) is 14.1 Å². The van der Waals surface area contributed by atoms with E-state index in [1.54, 1.807) is 12.1 Å². The van der Waals surface area contributed by atoms with E-state index < -0.39 is 15.8 Å². The van der Waals surface area contributed by atoms with Crippen molar-refractivity contribution in [1.82, 2.24) is 4.90 Å². The molecule has 2 aromatic rings. The first-order chi connectivity index (χ1) is 14.4. The van der Waals surface area contributed by atoms with E-state index in [-0.39, 0.29) is 18.3 Å². The van der Waals surface area contributed by atoms with Crippen molar-refractivity contribution in [3.63, 3.8) is 0 Å². The second-order valence-electron chi connectivity index (χ2n) is 8.67. The van der Waals surface area contributed by atoms with Gasteiger partial charge < -0.3 is 4.90 Å². The largest absolute Gasteiger partial charge is 0.305 e. The van der Waals surface area contributed by atoms with Gasteiger partial charge in [0.2, 0.25) is 0 Å². The number of nitrogens with zero attached hydrogens (tertiary/aromatic N) is 3. The Bertz CT molecular complexity index is 1070. The summed E-state index contributed by atoms with van der Waals surface area (Å²) in [6, 6.07) is 12.9. The fraction of sp³-hybridized carbons (Fsp3) is 0.417. The molecule has 0 fully saturated rings. The normalized spacial score (nSPS) is 13.3. The van der Waals surface area contributed by atoms with Gasteiger partial charge >= 0.3 is 0 Å². The Morgan fingerprint density at radius 2 is 1.61 bits per heavy atom. The molecule has 1 amide bonds. The first-order valence-corrected chi connectivity index (χ1v) is 11.9. The highest BCUT2D eigenvalue weighted by molar-refractivity contribution is 7.91. The van der Waals surface area contributed by atoms with Crippen LogP contribution in [0.1, 0.15) is 67.3 Å². The smallest absolute Gasteiger partial charge is 0.259 e. The fourth-order valence-electron chi connectivity index (χ4n) is 3.56. The average molecular weight is 441 g/mol. The molecule has 31 heavy (non-hydrogen) atoms. The maximum absolute atomic E-state index is 13.0. The number of hydrogen-bond acceptors (Lipinski definition) is 4. The van der Waals surface area contributed by atoms with Gasteiger partial charge in [0.1, 0.15) is 9.92 Å². The van der Waals surface area contributed by atoms with Crippen molar-refractivity contribution < 1.29 is 9.00 Å². The number of nitriles is 1. The number of carbonyl (C=O) groups is 1. The van der Waals surface area contributed by atoms with E-state index in [1.165, 1.54) is 0 Å². The highest BCUT2D eigenvalue weighted by Crippen LogP contribution is 2.30. The molecule has 2 aromatic carbocycles. The van der Waals surface area contributed by atoms with Gasteiger partial charge in [0, 0.05) is 6.54 Å². The van der Waals surface area contributed by atoms with Gasteiger partial charge in [0.25, 0.3) is 5.91 Å². The summed E-state index contributed by atoms with van der Waals surface area (Å²) in [6.45, 7) is 8.83. The summed E-state index contributed by atoms with van der Waals surface area (Å²) in [5.74, 6) is -0.279. The van der Waals surface area contributed by atoms with Gasteiger partial charge in [-0.15, -0.1) is 4.36 Å². The Balaban J connectivity index is 2.41. The Morgan fingerprint density at radius 3 is 2.03 bits per heavy atom. The zero-order chi connectivity index (χ0) is 23.3. The molecule has 0 aromatic heterocycles. The molecule has 0 radical (unpaired) electrons. The minimum Gasteiger partial charge on any atom is -0.305 e. The lowest BCUT2D eigenvalue weighted by atomic mass is 9.85. The van der Waals surface area contributed by atoms with Gasteiger partial charge in [-0.05, 0) is 72.5 Å². The van der Waals surface area contributed by atoms with Crippen molar-refractivity contribution >= 4 is 15.8 Å². The fourth-order valence-corrected chi connectivity index (χ4v) is 4.56. The van der Waals surface area contributed by atoms with E-state index in [1.807, 2.05) is 71.0 Å². The molecule has 2 N–H and O–H groups in total. The highest BCUT2D eigenvalue weighted by Gasteiger charge is 2.19. The molecule has 0 bridgehead atoms. The highest BCUT2D eigenvalue weighted by atomic mass is 32.2. The minimum atomic E-state index is -3.34. The van der Waals surface area contributed by atoms with Gasteiger partial charge in [-0.2, -0.15) is 5.26 Å². The van der Waals surface area contributed by atoms with Crippen LogP contribution in [0.15, 0.2) is 45.7 Å². The molecular weight excluding hydrogens is 408 g/mol. The standard InChI is InChI=1S/C24H32N4O2S/c1-16(2)21-11-19(14-25)12-22(17(3)4)23(21)13-24(29)27-31(26,30)20-9-7-18(8-10-20)15-28(5)6/h7-12,16-17H,13,15H2,1-6H3,(H2,26,27,29,30). The van der Waals surface area contributed by atoms with E-state index >= 15 is 0 Å². The first-order valence-electron chi connectivity index (χ1n) is 10.3. The SMILES string of the molecule is CC(C)c1cc(C#N)cc(C(C)C)c1CC(=O)N=S(N)(=O)c1ccc(CN(C)C)cc1. The summed E-state index contributed by atoms with van der Waals surface area (Å²) in [5.41, 5.74) is 4.33. The van der Waals surface area contributed by atoms with Crippen LogP contribution in [0.4, 0.5) is 0 Å². The second-order valence-corrected chi connectivity index (χ2v) is 10.5. The minimum absolute atomic E-state index is 0.000359. The zero-order valence-electron chi connectivity index (χ0n) is 19.2.